The van der Waals surface area contributed by atoms with Crippen LogP contribution in [0.4, 0.5) is 4.39 Å². The van der Waals surface area contributed by atoms with E-state index in [1.54, 1.807) is 34.4 Å². The fraction of sp³-hybridized carbons (Fsp3) is 0.269. The Kier molecular flexibility index (Phi) is 6.02. The second kappa shape index (κ2) is 9.12. The fourth-order valence-corrected chi connectivity index (χ4v) is 5.62. The maximum atomic E-state index is 14.0. The number of hydrogen-bond acceptors (Lipinski definition) is 5. The van der Waals surface area contributed by atoms with Crippen LogP contribution in [0.3, 0.4) is 0 Å². The van der Waals surface area contributed by atoms with Crippen LogP contribution in [-0.2, 0) is 20.7 Å². The topological polar surface area (TPSA) is 89.7 Å². The first-order chi connectivity index (χ1) is 16.4. The van der Waals surface area contributed by atoms with E-state index in [0.717, 1.165) is 16.0 Å². The number of primary amides is 1. The molecule has 1 aromatic heterocycles. The van der Waals surface area contributed by atoms with E-state index in [0.29, 0.717) is 18.5 Å². The Labute approximate surface area is 200 Å². The van der Waals surface area contributed by atoms with Crippen LogP contribution in [-0.4, -0.2) is 47.8 Å². The molecule has 34 heavy (non-hydrogen) atoms. The van der Waals surface area contributed by atoms with Crippen molar-refractivity contribution >= 4 is 28.9 Å². The quantitative estimate of drug-likeness (QED) is 0.587. The zero-order valence-corrected chi connectivity index (χ0v) is 19.1. The first-order valence-corrected chi connectivity index (χ1v) is 12.0. The van der Waals surface area contributed by atoms with E-state index in [9.17, 15) is 18.8 Å². The minimum absolute atomic E-state index is 0.00212. The molecule has 2 aliphatic heterocycles. The highest BCUT2D eigenvalue weighted by molar-refractivity contribution is 7.13. The van der Waals surface area contributed by atoms with Gasteiger partial charge in [-0.1, -0.05) is 24.3 Å². The number of ketones is 1. The predicted molar refractivity (Wildman–Crippen MR) is 126 cm³/mol. The molecule has 0 radical (unpaired) electrons. The molecular formula is C26H23FN2O4S. The van der Waals surface area contributed by atoms with E-state index in [1.807, 2.05) is 29.6 Å². The molecule has 2 fully saturated rings. The molecule has 2 amide bonds. The lowest BCUT2D eigenvalue weighted by molar-refractivity contribution is -0.137. The normalized spacial score (nSPS) is 20.4. The summed E-state index contributed by atoms with van der Waals surface area (Å²) in [5.41, 5.74) is 8.07. The number of carbonyl (C=O) groups excluding carboxylic acids is 3. The van der Waals surface area contributed by atoms with Crippen LogP contribution < -0.4 is 5.73 Å². The van der Waals surface area contributed by atoms with Crippen LogP contribution >= 0.6 is 11.3 Å². The van der Waals surface area contributed by atoms with Crippen molar-refractivity contribution in [3.8, 4) is 10.4 Å². The average Bonchev–Trinajstić information content (AvgIpc) is 3.58. The predicted octanol–water partition coefficient (Wildman–Crippen LogP) is 3.55. The van der Waals surface area contributed by atoms with Crippen molar-refractivity contribution in [1.82, 2.24) is 4.90 Å². The second-order valence-corrected chi connectivity index (χ2v) is 9.56. The Morgan fingerprint density at radius 1 is 1.18 bits per heavy atom. The summed E-state index contributed by atoms with van der Waals surface area (Å²) in [7, 11) is 0. The summed E-state index contributed by atoms with van der Waals surface area (Å²) < 4.78 is 19.1. The van der Waals surface area contributed by atoms with Gasteiger partial charge in [-0.05, 0) is 65.2 Å². The van der Waals surface area contributed by atoms with Crippen molar-refractivity contribution in [1.29, 1.82) is 0 Å². The van der Waals surface area contributed by atoms with Crippen molar-refractivity contribution < 1.29 is 23.5 Å². The highest BCUT2D eigenvalue weighted by Gasteiger charge is 2.48. The number of benzene rings is 2. The highest BCUT2D eigenvalue weighted by Crippen LogP contribution is 2.35. The van der Waals surface area contributed by atoms with Gasteiger partial charge in [0.2, 0.25) is 11.8 Å². The Morgan fingerprint density at radius 3 is 2.68 bits per heavy atom. The Morgan fingerprint density at radius 2 is 1.97 bits per heavy atom. The number of nitrogens with zero attached hydrogens (tertiary/aromatic N) is 1. The number of likely N-dealkylation sites (tertiary alicyclic amines) is 1. The molecular weight excluding hydrogens is 455 g/mol. The van der Waals surface area contributed by atoms with E-state index in [-0.39, 0.29) is 42.2 Å². The van der Waals surface area contributed by atoms with Crippen molar-refractivity contribution in [3.05, 3.63) is 82.5 Å². The van der Waals surface area contributed by atoms with E-state index < -0.39 is 17.9 Å². The van der Waals surface area contributed by atoms with Gasteiger partial charge >= 0.3 is 0 Å². The summed E-state index contributed by atoms with van der Waals surface area (Å²) in [6.45, 7) is 0.401. The molecule has 2 saturated heterocycles. The summed E-state index contributed by atoms with van der Waals surface area (Å²) in [5, 5.41) is 1.95. The Bertz CT molecular complexity index is 1240. The number of amides is 2. The zero-order chi connectivity index (χ0) is 23.8. The lowest BCUT2D eigenvalue weighted by Crippen LogP contribution is -2.44. The molecule has 0 spiro atoms. The molecule has 174 valence electrons. The van der Waals surface area contributed by atoms with Crippen LogP contribution in [0, 0.1) is 5.82 Å². The van der Waals surface area contributed by atoms with Gasteiger partial charge in [0.1, 0.15) is 18.5 Å². The van der Waals surface area contributed by atoms with E-state index in [4.69, 9.17) is 10.5 Å². The number of halogens is 1. The van der Waals surface area contributed by atoms with Crippen LogP contribution in [0.5, 0.6) is 0 Å². The van der Waals surface area contributed by atoms with Crippen molar-refractivity contribution in [2.24, 2.45) is 5.73 Å². The van der Waals surface area contributed by atoms with E-state index >= 15 is 0 Å². The SMILES string of the molecule is NC(=O)c1ccc(-c2cccs2)cc1C(Cc1ccc(F)cc1)C(=O)N1CCC2OCC(=O)C21. The molecule has 2 aromatic carbocycles. The Balaban J connectivity index is 1.60. The average molecular weight is 479 g/mol. The molecule has 0 saturated carbocycles. The van der Waals surface area contributed by atoms with Crippen molar-refractivity contribution in [2.75, 3.05) is 13.2 Å². The third kappa shape index (κ3) is 4.15. The summed E-state index contributed by atoms with van der Waals surface area (Å²) in [4.78, 5) is 41.4. The van der Waals surface area contributed by atoms with Gasteiger partial charge in [-0.2, -0.15) is 0 Å². The summed E-state index contributed by atoms with van der Waals surface area (Å²) >= 11 is 1.55. The van der Waals surface area contributed by atoms with Gasteiger partial charge in [0.05, 0.1) is 12.0 Å². The van der Waals surface area contributed by atoms with Gasteiger partial charge < -0.3 is 15.4 Å². The number of nitrogens with two attached hydrogens (primary N) is 1. The maximum absolute atomic E-state index is 14.0. The largest absolute Gasteiger partial charge is 0.368 e. The molecule has 6 nitrogen and oxygen atoms in total. The fourth-order valence-electron chi connectivity index (χ4n) is 4.90. The van der Waals surface area contributed by atoms with Gasteiger partial charge in [0, 0.05) is 17.0 Å². The smallest absolute Gasteiger partial charge is 0.249 e. The first-order valence-electron chi connectivity index (χ1n) is 11.1. The van der Waals surface area contributed by atoms with Crippen LogP contribution in [0.15, 0.2) is 60.0 Å². The summed E-state index contributed by atoms with van der Waals surface area (Å²) in [6.07, 6.45) is 0.524. The third-order valence-electron chi connectivity index (χ3n) is 6.54. The molecule has 8 heteroatoms. The molecule has 5 rings (SSSR count). The summed E-state index contributed by atoms with van der Waals surface area (Å²) in [5.74, 6) is -2.16. The van der Waals surface area contributed by atoms with Gasteiger partial charge in [-0.15, -0.1) is 11.3 Å². The van der Waals surface area contributed by atoms with Gasteiger partial charge in [0.25, 0.3) is 0 Å². The molecule has 3 aromatic rings. The third-order valence-corrected chi connectivity index (χ3v) is 7.46. The zero-order valence-electron chi connectivity index (χ0n) is 18.3. The highest BCUT2D eigenvalue weighted by atomic mass is 32.1. The number of carbonyl (C=O) groups is 3. The first kappa shape index (κ1) is 22.4. The minimum atomic E-state index is -0.778. The number of thiophene rings is 1. The molecule has 3 heterocycles. The minimum Gasteiger partial charge on any atom is -0.368 e. The number of hydrogen-bond donors (Lipinski definition) is 1. The Hall–Kier alpha value is -3.36. The molecule has 3 atom stereocenters. The maximum Gasteiger partial charge on any atom is 0.249 e. The van der Waals surface area contributed by atoms with Gasteiger partial charge in [-0.3, -0.25) is 14.4 Å². The van der Waals surface area contributed by atoms with E-state index in [2.05, 4.69) is 0 Å². The summed E-state index contributed by atoms with van der Waals surface area (Å²) in [6, 6.07) is 14.5. The number of Topliss-reactive ketones (excluding diaryl/α,β-unsaturated/α-hetero) is 1. The molecule has 0 bridgehead atoms. The number of rotatable bonds is 6. The molecule has 3 unspecified atom stereocenters. The van der Waals surface area contributed by atoms with Crippen LogP contribution in [0.25, 0.3) is 10.4 Å². The van der Waals surface area contributed by atoms with Crippen LogP contribution in [0.2, 0.25) is 0 Å². The number of ether oxygens (including phenoxy) is 1. The van der Waals surface area contributed by atoms with E-state index in [1.165, 1.54) is 12.1 Å². The lowest BCUT2D eigenvalue weighted by Gasteiger charge is -2.28. The molecule has 2 aliphatic rings. The second-order valence-electron chi connectivity index (χ2n) is 8.61. The standard InChI is InChI=1S/C26H23FN2O4S/c27-17-6-3-15(4-7-17)12-20(26(32)29-10-9-22-24(29)21(30)14-33-22)19-13-16(23-2-1-11-34-23)5-8-18(19)25(28)31/h1-8,11,13,20,22,24H,9-10,12,14H2,(H2,28,31). The van der Waals surface area contributed by atoms with Crippen molar-refractivity contribution in [2.45, 2.75) is 30.9 Å². The molecule has 0 aliphatic carbocycles. The number of fused-ring (bicyclic) bond motifs is 1. The monoisotopic (exact) mass is 478 g/mol. The molecule has 2 N–H and O–H groups in total. The van der Waals surface area contributed by atoms with Crippen LogP contribution in [0.1, 0.15) is 33.8 Å². The van der Waals surface area contributed by atoms with Gasteiger partial charge in [0.15, 0.2) is 5.78 Å². The lowest BCUT2D eigenvalue weighted by atomic mass is 9.85. The van der Waals surface area contributed by atoms with Crippen molar-refractivity contribution in [3.63, 3.8) is 0 Å². The van der Waals surface area contributed by atoms with Gasteiger partial charge in [-0.25, -0.2) is 4.39 Å².